The van der Waals surface area contributed by atoms with Crippen LogP contribution in [0.25, 0.3) is 0 Å². The van der Waals surface area contributed by atoms with Crippen molar-refractivity contribution >= 4 is 15.9 Å². The highest BCUT2D eigenvalue weighted by Gasteiger charge is 2.39. The van der Waals surface area contributed by atoms with Crippen LogP contribution in [0.4, 0.5) is 0 Å². The third-order valence-corrected chi connectivity index (χ3v) is 7.59. The molecule has 0 aromatic heterocycles. The van der Waals surface area contributed by atoms with Gasteiger partial charge < -0.3 is 5.32 Å². The molecule has 1 aliphatic heterocycles. The molecule has 6 heteroatoms. The van der Waals surface area contributed by atoms with E-state index in [-0.39, 0.29) is 17.3 Å². The number of carbonyl (C=O) groups is 1. The Morgan fingerprint density at radius 1 is 0.903 bits per heavy atom. The van der Waals surface area contributed by atoms with Crippen LogP contribution in [0.15, 0.2) is 77.7 Å². The van der Waals surface area contributed by atoms with E-state index < -0.39 is 16.1 Å². The lowest BCUT2D eigenvalue weighted by molar-refractivity contribution is -0.125. The maximum absolute atomic E-state index is 13.5. The summed E-state index contributed by atoms with van der Waals surface area (Å²) in [7, 11) is -3.83. The summed E-state index contributed by atoms with van der Waals surface area (Å²) in [6, 6.07) is 21.6. The lowest BCUT2D eigenvalue weighted by Crippen LogP contribution is -2.52. The average Bonchev–Trinajstić information content (AvgIpc) is 2.78. The Bertz CT molecular complexity index is 1190. The van der Waals surface area contributed by atoms with Gasteiger partial charge in [0.2, 0.25) is 15.9 Å². The van der Waals surface area contributed by atoms with Gasteiger partial charge in [0.25, 0.3) is 0 Å². The van der Waals surface area contributed by atoms with E-state index in [2.05, 4.69) is 5.32 Å². The van der Waals surface area contributed by atoms with Crippen molar-refractivity contribution in [3.8, 4) is 0 Å². The van der Waals surface area contributed by atoms with Crippen molar-refractivity contribution in [2.75, 3.05) is 0 Å². The van der Waals surface area contributed by atoms with Crippen LogP contribution in [0.5, 0.6) is 0 Å². The SMILES string of the molecule is Cc1ccc(CNC(=O)C2Cc3ccccc3CN2S(=O)(=O)c2ccc(C)cc2)cc1. The van der Waals surface area contributed by atoms with Crippen LogP contribution in [0.3, 0.4) is 0 Å². The summed E-state index contributed by atoms with van der Waals surface area (Å²) in [5, 5.41) is 2.94. The molecular formula is C25H26N2O3S. The van der Waals surface area contributed by atoms with Gasteiger partial charge in [-0.05, 0) is 49.1 Å². The smallest absolute Gasteiger partial charge is 0.244 e. The zero-order valence-electron chi connectivity index (χ0n) is 17.7. The molecule has 3 aromatic carbocycles. The zero-order valence-corrected chi connectivity index (χ0v) is 18.5. The molecule has 0 spiro atoms. The van der Waals surface area contributed by atoms with Crippen molar-refractivity contribution in [2.24, 2.45) is 0 Å². The van der Waals surface area contributed by atoms with E-state index in [0.29, 0.717) is 13.0 Å². The Kier molecular flexibility index (Phi) is 5.94. The molecule has 4 rings (SSSR count). The molecule has 0 radical (unpaired) electrons. The molecule has 0 bridgehead atoms. The fourth-order valence-corrected chi connectivity index (χ4v) is 5.40. The maximum atomic E-state index is 13.5. The predicted molar refractivity (Wildman–Crippen MR) is 121 cm³/mol. The summed E-state index contributed by atoms with van der Waals surface area (Å²) >= 11 is 0. The number of amides is 1. The number of sulfonamides is 1. The van der Waals surface area contributed by atoms with Crippen LogP contribution in [0, 0.1) is 13.8 Å². The monoisotopic (exact) mass is 434 g/mol. The molecule has 1 atom stereocenters. The summed E-state index contributed by atoms with van der Waals surface area (Å²) in [5.74, 6) is -0.286. The van der Waals surface area contributed by atoms with Gasteiger partial charge in [-0.3, -0.25) is 4.79 Å². The van der Waals surface area contributed by atoms with Crippen molar-refractivity contribution in [3.63, 3.8) is 0 Å². The summed E-state index contributed by atoms with van der Waals surface area (Å²) in [5.41, 5.74) is 5.04. The van der Waals surface area contributed by atoms with Crippen LogP contribution >= 0.6 is 0 Å². The van der Waals surface area contributed by atoms with Gasteiger partial charge in [0.1, 0.15) is 6.04 Å². The maximum Gasteiger partial charge on any atom is 0.244 e. The highest BCUT2D eigenvalue weighted by molar-refractivity contribution is 7.89. The topological polar surface area (TPSA) is 66.5 Å². The van der Waals surface area contributed by atoms with Gasteiger partial charge in [0.05, 0.1) is 4.90 Å². The number of hydrogen-bond donors (Lipinski definition) is 1. The number of aryl methyl sites for hydroxylation is 2. The zero-order chi connectivity index (χ0) is 22.0. The van der Waals surface area contributed by atoms with E-state index in [1.165, 1.54) is 4.31 Å². The lowest BCUT2D eigenvalue weighted by Gasteiger charge is -2.35. The minimum absolute atomic E-state index is 0.176. The molecule has 1 heterocycles. The molecule has 0 saturated heterocycles. The minimum atomic E-state index is -3.83. The normalized spacial score (nSPS) is 16.5. The molecule has 31 heavy (non-hydrogen) atoms. The number of nitrogens with zero attached hydrogens (tertiary/aromatic N) is 1. The summed E-state index contributed by atoms with van der Waals surface area (Å²) < 4.78 is 28.3. The first-order valence-corrected chi connectivity index (χ1v) is 11.8. The van der Waals surface area contributed by atoms with Crippen molar-refractivity contribution in [1.29, 1.82) is 0 Å². The van der Waals surface area contributed by atoms with E-state index >= 15 is 0 Å². The molecule has 1 unspecified atom stereocenters. The van der Waals surface area contributed by atoms with E-state index in [0.717, 1.165) is 27.8 Å². The van der Waals surface area contributed by atoms with Gasteiger partial charge in [0.15, 0.2) is 0 Å². The molecule has 5 nitrogen and oxygen atoms in total. The van der Waals surface area contributed by atoms with Gasteiger partial charge in [-0.15, -0.1) is 0 Å². The Morgan fingerprint density at radius 2 is 1.48 bits per heavy atom. The number of benzene rings is 3. The van der Waals surface area contributed by atoms with E-state index in [1.54, 1.807) is 24.3 Å². The highest BCUT2D eigenvalue weighted by atomic mass is 32.2. The molecule has 3 aromatic rings. The molecule has 0 fully saturated rings. The third kappa shape index (κ3) is 4.55. The van der Waals surface area contributed by atoms with Crippen molar-refractivity contribution in [3.05, 3.63) is 101 Å². The Morgan fingerprint density at radius 3 is 2.13 bits per heavy atom. The second-order valence-corrected chi connectivity index (χ2v) is 9.95. The average molecular weight is 435 g/mol. The first kappa shape index (κ1) is 21.3. The molecule has 160 valence electrons. The Balaban J connectivity index is 1.63. The predicted octanol–water partition coefficient (Wildman–Crippen LogP) is 3.74. The van der Waals surface area contributed by atoms with Crippen molar-refractivity contribution in [2.45, 2.75) is 44.3 Å². The van der Waals surface area contributed by atoms with E-state index in [1.807, 2.05) is 62.4 Å². The van der Waals surface area contributed by atoms with E-state index in [9.17, 15) is 13.2 Å². The molecular weight excluding hydrogens is 408 g/mol. The fourth-order valence-electron chi connectivity index (χ4n) is 3.83. The summed E-state index contributed by atoms with van der Waals surface area (Å²) in [6.45, 7) is 4.45. The molecule has 1 amide bonds. The van der Waals surface area contributed by atoms with Gasteiger partial charge in [-0.25, -0.2) is 8.42 Å². The van der Waals surface area contributed by atoms with E-state index in [4.69, 9.17) is 0 Å². The lowest BCUT2D eigenvalue weighted by atomic mass is 9.95. The number of carbonyl (C=O) groups excluding carboxylic acids is 1. The van der Waals surface area contributed by atoms with Crippen LogP contribution in [0.1, 0.15) is 27.8 Å². The first-order chi connectivity index (χ1) is 14.8. The van der Waals surface area contributed by atoms with Gasteiger partial charge >= 0.3 is 0 Å². The Hall–Kier alpha value is -2.96. The molecule has 1 aliphatic rings. The number of hydrogen-bond acceptors (Lipinski definition) is 3. The molecule has 0 saturated carbocycles. The fraction of sp³-hybridized carbons (Fsp3) is 0.240. The Labute approximate surface area is 183 Å². The standard InChI is InChI=1S/C25H26N2O3S/c1-18-7-11-20(12-8-18)16-26-25(28)24-15-21-5-3-4-6-22(21)17-27(24)31(29,30)23-13-9-19(2)10-14-23/h3-14,24H,15-17H2,1-2H3,(H,26,28). The summed E-state index contributed by atoms with van der Waals surface area (Å²) in [4.78, 5) is 13.4. The van der Waals surface area contributed by atoms with Crippen LogP contribution in [-0.4, -0.2) is 24.7 Å². The van der Waals surface area contributed by atoms with Gasteiger partial charge in [-0.2, -0.15) is 4.31 Å². The largest absolute Gasteiger partial charge is 0.351 e. The van der Waals surface area contributed by atoms with Crippen molar-refractivity contribution in [1.82, 2.24) is 9.62 Å². The van der Waals surface area contributed by atoms with Crippen LogP contribution in [-0.2, 0) is 34.3 Å². The van der Waals surface area contributed by atoms with Crippen molar-refractivity contribution < 1.29 is 13.2 Å². The second kappa shape index (κ2) is 8.65. The highest BCUT2D eigenvalue weighted by Crippen LogP contribution is 2.29. The van der Waals surface area contributed by atoms with Crippen LogP contribution in [0.2, 0.25) is 0 Å². The molecule has 1 N–H and O–H groups in total. The van der Waals surface area contributed by atoms with Crippen LogP contribution < -0.4 is 5.32 Å². The second-order valence-electron chi connectivity index (χ2n) is 8.06. The molecule has 0 aliphatic carbocycles. The minimum Gasteiger partial charge on any atom is -0.351 e. The number of nitrogens with one attached hydrogen (secondary N) is 1. The number of rotatable bonds is 5. The number of fused-ring (bicyclic) bond motifs is 1. The van der Waals surface area contributed by atoms with Gasteiger partial charge in [0, 0.05) is 13.1 Å². The third-order valence-electron chi connectivity index (χ3n) is 5.72. The quantitative estimate of drug-likeness (QED) is 0.665. The van der Waals surface area contributed by atoms with Gasteiger partial charge in [-0.1, -0.05) is 71.8 Å². The first-order valence-electron chi connectivity index (χ1n) is 10.3. The summed E-state index contributed by atoms with van der Waals surface area (Å²) in [6.07, 6.45) is 0.348.